The smallest absolute Gasteiger partial charge is 0.376 e. The van der Waals surface area contributed by atoms with Gasteiger partial charge in [0.25, 0.3) is 0 Å². The number of benzene rings is 1. The summed E-state index contributed by atoms with van der Waals surface area (Å²) in [7, 11) is 2.46. The van der Waals surface area contributed by atoms with Crippen LogP contribution in [0.4, 0.5) is 0 Å². The van der Waals surface area contributed by atoms with Crippen LogP contribution in [0.5, 0.6) is 0 Å². The fourth-order valence-corrected chi connectivity index (χ4v) is 5.73. The van der Waals surface area contributed by atoms with Gasteiger partial charge in [-0.2, -0.15) is 0 Å². The molecule has 1 atom stereocenters. The van der Waals surface area contributed by atoms with Crippen molar-refractivity contribution in [3.8, 4) is 0 Å². The maximum Gasteiger partial charge on any atom is 0.508 e. The van der Waals surface area contributed by atoms with Crippen molar-refractivity contribution in [2.24, 2.45) is 0 Å². The van der Waals surface area contributed by atoms with Gasteiger partial charge in [0.05, 0.1) is 5.54 Å². The minimum atomic E-state index is -2.67. The minimum absolute atomic E-state index is 0.208. The topological polar surface area (TPSA) is 27.7 Å². The molecule has 0 aliphatic rings. The highest BCUT2D eigenvalue weighted by atomic mass is 28.4. The summed E-state index contributed by atoms with van der Waals surface area (Å²) in [6.45, 7) is 2.26. The van der Waals surface area contributed by atoms with Gasteiger partial charge in [0.1, 0.15) is 0 Å². The molecule has 0 bridgehead atoms. The molecule has 0 saturated carbocycles. The summed E-state index contributed by atoms with van der Waals surface area (Å²) >= 11 is 0. The van der Waals surface area contributed by atoms with Crippen LogP contribution in [0.15, 0.2) is 30.3 Å². The van der Waals surface area contributed by atoms with Gasteiger partial charge < -0.3 is 13.3 Å². The molecule has 132 valence electrons. The van der Waals surface area contributed by atoms with Gasteiger partial charge in [-0.15, -0.1) is 0 Å². The van der Waals surface area contributed by atoms with Gasteiger partial charge in [-0.1, -0.05) is 82.2 Å². The van der Waals surface area contributed by atoms with Crippen LogP contribution in [0, 0.1) is 0 Å². The highest BCUT2D eigenvalue weighted by molar-refractivity contribution is 6.62. The number of rotatable bonds is 13. The number of unbranched alkanes of at least 4 members (excludes halogenated alkanes) is 6. The van der Waals surface area contributed by atoms with E-state index in [1.807, 2.05) is 6.07 Å². The molecule has 0 spiro atoms. The van der Waals surface area contributed by atoms with Gasteiger partial charge >= 0.3 is 8.80 Å². The number of hydrogen-bond acceptors (Lipinski definition) is 3. The first-order valence-electron chi connectivity index (χ1n) is 8.94. The second-order valence-corrected chi connectivity index (χ2v) is 9.22. The third-order valence-corrected chi connectivity index (χ3v) is 7.76. The first kappa shape index (κ1) is 20.4. The molecule has 0 fully saturated rings. The lowest BCUT2D eigenvalue weighted by molar-refractivity contribution is 0.110. The molecule has 23 heavy (non-hydrogen) atoms. The van der Waals surface area contributed by atoms with Gasteiger partial charge in [0.2, 0.25) is 0 Å². The van der Waals surface area contributed by atoms with Crippen molar-refractivity contribution in [1.29, 1.82) is 0 Å². The lowest BCUT2D eigenvalue weighted by Crippen LogP contribution is -2.49. The second kappa shape index (κ2) is 11.8. The molecule has 0 aliphatic heterocycles. The van der Waals surface area contributed by atoms with E-state index in [0.29, 0.717) is 0 Å². The molecule has 3 nitrogen and oxygen atoms in total. The molecule has 1 aromatic carbocycles. The lowest BCUT2D eigenvalue weighted by atomic mass is 10.0. The van der Waals surface area contributed by atoms with Crippen LogP contribution in [0.1, 0.15) is 69.4 Å². The molecule has 1 rings (SSSR count). The minimum Gasteiger partial charge on any atom is -0.376 e. The van der Waals surface area contributed by atoms with Crippen LogP contribution in [0.2, 0.25) is 0 Å². The fraction of sp³-hybridized carbons (Fsp3) is 0.684. The van der Waals surface area contributed by atoms with Crippen molar-refractivity contribution < 1.29 is 13.3 Å². The first-order chi connectivity index (χ1) is 11.2. The Morgan fingerprint density at radius 3 is 1.83 bits per heavy atom. The SMILES string of the molecule is CCCCCCCCCC(c1ccccc1)[Si](OC)(OC)OC. The Labute approximate surface area is 143 Å². The van der Waals surface area contributed by atoms with Gasteiger partial charge in [-0.3, -0.25) is 0 Å². The van der Waals surface area contributed by atoms with Gasteiger partial charge in [0, 0.05) is 21.3 Å². The van der Waals surface area contributed by atoms with Gasteiger partial charge in [0.15, 0.2) is 0 Å². The third-order valence-electron chi connectivity index (χ3n) is 4.58. The Hall–Kier alpha value is -0.683. The fourth-order valence-electron chi connectivity index (χ4n) is 3.22. The van der Waals surface area contributed by atoms with Crippen LogP contribution in [-0.2, 0) is 13.3 Å². The molecule has 0 heterocycles. The summed E-state index contributed by atoms with van der Waals surface area (Å²) in [4.78, 5) is 0. The third kappa shape index (κ3) is 6.38. The average Bonchev–Trinajstić information content (AvgIpc) is 2.61. The lowest BCUT2D eigenvalue weighted by Gasteiger charge is -2.33. The van der Waals surface area contributed by atoms with Crippen LogP contribution in [-0.4, -0.2) is 30.1 Å². The van der Waals surface area contributed by atoms with Crippen molar-refractivity contribution in [1.82, 2.24) is 0 Å². The highest BCUT2D eigenvalue weighted by Crippen LogP contribution is 2.33. The van der Waals surface area contributed by atoms with Gasteiger partial charge in [-0.05, 0) is 12.0 Å². The molecule has 0 amide bonds. The monoisotopic (exact) mass is 338 g/mol. The Balaban J connectivity index is 2.63. The molecule has 0 N–H and O–H groups in total. The Kier molecular flexibility index (Phi) is 10.4. The van der Waals surface area contributed by atoms with E-state index in [9.17, 15) is 0 Å². The summed E-state index contributed by atoms with van der Waals surface area (Å²) < 4.78 is 17.3. The zero-order valence-corrected chi connectivity index (χ0v) is 16.3. The maximum absolute atomic E-state index is 5.76. The van der Waals surface area contributed by atoms with E-state index in [2.05, 4.69) is 31.2 Å². The van der Waals surface area contributed by atoms with Crippen LogP contribution in [0.25, 0.3) is 0 Å². The average molecular weight is 339 g/mol. The molecule has 0 aromatic heterocycles. The summed E-state index contributed by atoms with van der Waals surface area (Å²) in [5, 5.41) is 0. The van der Waals surface area contributed by atoms with E-state index < -0.39 is 8.80 Å². The summed E-state index contributed by atoms with van der Waals surface area (Å²) in [5.74, 6) is 0. The van der Waals surface area contributed by atoms with E-state index in [-0.39, 0.29) is 5.54 Å². The van der Waals surface area contributed by atoms with Crippen molar-refractivity contribution in [2.45, 2.75) is 63.8 Å². The predicted molar refractivity (Wildman–Crippen MR) is 98.6 cm³/mol. The summed E-state index contributed by atoms with van der Waals surface area (Å²) in [6, 6.07) is 10.5. The quantitative estimate of drug-likeness (QED) is 0.359. The summed E-state index contributed by atoms with van der Waals surface area (Å²) in [5.41, 5.74) is 1.47. The Morgan fingerprint density at radius 1 is 0.783 bits per heavy atom. The molecule has 1 aromatic rings. The van der Waals surface area contributed by atoms with E-state index in [0.717, 1.165) is 6.42 Å². The molecule has 1 unspecified atom stereocenters. The normalized spacial score (nSPS) is 13.2. The van der Waals surface area contributed by atoms with Crippen molar-refractivity contribution in [3.63, 3.8) is 0 Å². The molecule has 4 heteroatoms. The predicted octanol–water partition coefficient (Wildman–Crippen LogP) is 5.33. The molecule has 0 saturated heterocycles. The zero-order chi connectivity index (χ0) is 17.0. The van der Waals surface area contributed by atoms with E-state index in [1.165, 1.54) is 50.5 Å². The van der Waals surface area contributed by atoms with Crippen LogP contribution in [0.3, 0.4) is 0 Å². The zero-order valence-electron chi connectivity index (χ0n) is 15.3. The van der Waals surface area contributed by atoms with Crippen LogP contribution >= 0.6 is 0 Å². The molecular formula is C19H34O3Si. The number of hydrogen-bond donors (Lipinski definition) is 0. The van der Waals surface area contributed by atoms with Crippen molar-refractivity contribution in [3.05, 3.63) is 35.9 Å². The standard InChI is InChI=1S/C19H34O3Si/c1-5-6-7-8-9-10-14-17-19(18-15-12-11-13-16-18)23(20-2,21-3)22-4/h11-13,15-16,19H,5-10,14,17H2,1-4H3. The highest BCUT2D eigenvalue weighted by Gasteiger charge is 2.47. The van der Waals surface area contributed by atoms with Crippen molar-refractivity contribution >= 4 is 8.80 Å². The van der Waals surface area contributed by atoms with Gasteiger partial charge in [-0.25, -0.2) is 0 Å². The first-order valence-corrected chi connectivity index (χ1v) is 10.7. The molecule has 0 radical (unpaired) electrons. The molecule has 0 aliphatic carbocycles. The van der Waals surface area contributed by atoms with Crippen molar-refractivity contribution in [2.75, 3.05) is 21.3 Å². The maximum atomic E-state index is 5.76. The summed E-state index contributed by atoms with van der Waals surface area (Å²) in [6.07, 6.45) is 10.2. The van der Waals surface area contributed by atoms with E-state index in [4.69, 9.17) is 13.3 Å². The Bertz CT molecular complexity index is 385. The Morgan fingerprint density at radius 2 is 1.30 bits per heavy atom. The largest absolute Gasteiger partial charge is 0.508 e. The van der Waals surface area contributed by atoms with E-state index in [1.54, 1.807) is 21.3 Å². The van der Waals surface area contributed by atoms with Crippen LogP contribution < -0.4 is 0 Å². The van der Waals surface area contributed by atoms with E-state index >= 15 is 0 Å². The second-order valence-electron chi connectivity index (χ2n) is 6.09. The molecular weight excluding hydrogens is 304 g/mol.